The second-order valence-electron chi connectivity index (χ2n) is 5.88. The monoisotopic (exact) mass is 342 g/mol. The van der Waals surface area contributed by atoms with Gasteiger partial charge in [-0.1, -0.05) is 18.2 Å². The van der Waals surface area contributed by atoms with Gasteiger partial charge in [-0.05, 0) is 50.8 Å². The topological polar surface area (TPSA) is 54.3 Å². The molecule has 2 rings (SSSR count). The third-order valence-corrected chi connectivity index (χ3v) is 3.94. The number of aliphatic imine (C=N–C) groups is 1. The fourth-order valence-electron chi connectivity index (χ4n) is 2.58. The van der Waals surface area contributed by atoms with Crippen LogP contribution >= 0.6 is 0 Å². The fourth-order valence-corrected chi connectivity index (χ4v) is 2.58. The predicted molar refractivity (Wildman–Crippen MR) is 101 cm³/mol. The van der Waals surface area contributed by atoms with Crippen molar-refractivity contribution >= 4 is 6.21 Å². The molecule has 5 heteroatoms. The molecule has 0 aliphatic rings. The van der Waals surface area contributed by atoms with Crippen LogP contribution in [0.5, 0.6) is 17.2 Å². The molecular formula is C20H26N2O3. The van der Waals surface area contributed by atoms with Crippen LogP contribution < -0.4 is 9.47 Å². The standard InChI is InChI=1S/C20H26N2O3/c1-5-25-19-11-7-9-16(20(19)23)13-21-14-18(22(2)3)15-8-6-10-17(12-15)24-4/h6-13,18,23H,5,14H2,1-4H3/t18-/m0/s1. The van der Waals surface area contributed by atoms with Gasteiger partial charge in [-0.2, -0.15) is 0 Å². The maximum Gasteiger partial charge on any atom is 0.166 e. The molecule has 0 amide bonds. The maximum absolute atomic E-state index is 10.2. The number of hydrogen-bond acceptors (Lipinski definition) is 5. The van der Waals surface area contributed by atoms with Crippen molar-refractivity contribution in [2.45, 2.75) is 13.0 Å². The lowest BCUT2D eigenvalue weighted by molar-refractivity contribution is 0.305. The average Bonchev–Trinajstić information content (AvgIpc) is 2.61. The van der Waals surface area contributed by atoms with E-state index in [1.807, 2.05) is 51.4 Å². The molecule has 2 aromatic carbocycles. The molecular weight excluding hydrogens is 316 g/mol. The minimum atomic E-state index is 0.114. The van der Waals surface area contributed by atoms with Crippen molar-refractivity contribution in [2.24, 2.45) is 4.99 Å². The average molecular weight is 342 g/mol. The van der Waals surface area contributed by atoms with Crippen LogP contribution in [0, 0.1) is 0 Å². The molecule has 0 aliphatic carbocycles. The van der Waals surface area contributed by atoms with Crippen LogP contribution in [0.3, 0.4) is 0 Å². The molecule has 134 valence electrons. The highest BCUT2D eigenvalue weighted by Crippen LogP contribution is 2.29. The van der Waals surface area contributed by atoms with Gasteiger partial charge in [0.2, 0.25) is 0 Å². The maximum atomic E-state index is 10.2. The first-order valence-electron chi connectivity index (χ1n) is 8.31. The van der Waals surface area contributed by atoms with Gasteiger partial charge in [-0.15, -0.1) is 0 Å². The highest BCUT2D eigenvalue weighted by Gasteiger charge is 2.14. The first-order chi connectivity index (χ1) is 12.1. The Morgan fingerprint density at radius 3 is 2.64 bits per heavy atom. The van der Waals surface area contributed by atoms with E-state index in [4.69, 9.17) is 9.47 Å². The molecule has 2 aromatic rings. The number of benzene rings is 2. The van der Waals surface area contributed by atoms with Crippen LogP contribution in [-0.4, -0.2) is 50.6 Å². The van der Waals surface area contributed by atoms with E-state index in [-0.39, 0.29) is 11.8 Å². The lowest BCUT2D eigenvalue weighted by Gasteiger charge is -2.23. The van der Waals surface area contributed by atoms with Gasteiger partial charge < -0.3 is 19.5 Å². The van der Waals surface area contributed by atoms with Gasteiger partial charge in [0.25, 0.3) is 0 Å². The van der Waals surface area contributed by atoms with E-state index in [0.29, 0.717) is 24.5 Å². The van der Waals surface area contributed by atoms with E-state index >= 15 is 0 Å². The Labute approximate surface area is 149 Å². The van der Waals surface area contributed by atoms with Crippen LogP contribution in [-0.2, 0) is 0 Å². The molecule has 5 nitrogen and oxygen atoms in total. The minimum Gasteiger partial charge on any atom is -0.504 e. The van der Waals surface area contributed by atoms with Crippen LogP contribution in [0.25, 0.3) is 0 Å². The van der Waals surface area contributed by atoms with Gasteiger partial charge in [-0.25, -0.2) is 0 Å². The summed E-state index contributed by atoms with van der Waals surface area (Å²) in [4.78, 5) is 6.65. The zero-order chi connectivity index (χ0) is 18.2. The van der Waals surface area contributed by atoms with E-state index in [2.05, 4.69) is 16.0 Å². The van der Waals surface area contributed by atoms with Gasteiger partial charge >= 0.3 is 0 Å². The van der Waals surface area contributed by atoms with Crippen molar-refractivity contribution in [2.75, 3.05) is 34.4 Å². The fraction of sp³-hybridized carbons (Fsp3) is 0.350. The Morgan fingerprint density at radius 1 is 1.20 bits per heavy atom. The van der Waals surface area contributed by atoms with Crippen molar-refractivity contribution in [1.29, 1.82) is 0 Å². The summed E-state index contributed by atoms with van der Waals surface area (Å²) < 4.78 is 10.7. The van der Waals surface area contributed by atoms with Gasteiger partial charge in [-0.3, -0.25) is 4.99 Å². The lowest BCUT2D eigenvalue weighted by Crippen LogP contribution is -2.22. The molecule has 0 saturated heterocycles. The number of aromatic hydroxyl groups is 1. The number of rotatable bonds is 8. The number of phenolic OH excluding ortho intramolecular Hbond substituents is 1. The van der Waals surface area contributed by atoms with Crippen molar-refractivity contribution in [3.05, 3.63) is 53.6 Å². The number of nitrogens with zero attached hydrogens (tertiary/aromatic N) is 2. The summed E-state index contributed by atoms with van der Waals surface area (Å²) in [5, 5.41) is 10.2. The van der Waals surface area contributed by atoms with Gasteiger partial charge in [0.05, 0.1) is 26.3 Å². The Morgan fingerprint density at radius 2 is 1.96 bits per heavy atom. The van der Waals surface area contributed by atoms with Crippen LogP contribution in [0.4, 0.5) is 0 Å². The van der Waals surface area contributed by atoms with Crippen LogP contribution in [0.15, 0.2) is 47.5 Å². The minimum absolute atomic E-state index is 0.114. The molecule has 0 radical (unpaired) electrons. The first-order valence-corrected chi connectivity index (χ1v) is 8.31. The molecule has 0 fully saturated rings. The normalized spacial score (nSPS) is 12.5. The van der Waals surface area contributed by atoms with Gasteiger partial charge in [0.15, 0.2) is 11.5 Å². The number of methoxy groups -OCH3 is 1. The molecule has 1 atom stereocenters. The zero-order valence-electron chi connectivity index (χ0n) is 15.3. The zero-order valence-corrected chi connectivity index (χ0v) is 15.3. The number of hydrogen-bond donors (Lipinski definition) is 1. The smallest absolute Gasteiger partial charge is 0.166 e. The van der Waals surface area contributed by atoms with Crippen molar-refractivity contribution in [3.63, 3.8) is 0 Å². The highest BCUT2D eigenvalue weighted by atomic mass is 16.5. The molecule has 0 bridgehead atoms. The Balaban J connectivity index is 2.16. The molecule has 0 saturated carbocycles. The van der Waals surface area contributed by atoms with Gasteiger partial charge in [0.1, 0.15) is 5.75 Å². The molecule has 0 heterocycles. The second-order valence-corrected chi connectivity index (χ2v) is 5.88. The SMILES string of the molecule is CCOc1cccc(C=NC[C@@H](c2cccc(OC)c2)N(C)C)c1O. The van der Waals surface area contributed by atoms with E-state index < -0.39 is 0 Å². The number of ether oxygens (including phenoxy) is 2. The van der Waals surface area contributed by atoms with Crippen LogP contribution in [0.2, 0.25) is 0 Å². The van der Waals surface area contributed by atoms with E-state index in [9.17, 15) is 5.11 Å². The van der Waals surface area contributed by atoms with E-state index in [1.54, 1.807) is 19.4 Å². The van der Waals surface area contributed by atoms with Crippen molar-refractivity contribution in [3.8, 4) is 17.2 Å². The Hall–Kier alpha value is -2.53. The highest BCUT2D eigenvalue weighted by molar-refractivity contribution is 5.84. The van der Waals surface area contributed by atoms with Crippen molar-refractivity contribution in [1.82, 2.24) is 4.90 Å². The Kier molecular flexibility index (Phi) is 6.83. The summed E-state index contributed by atoms with van der Waals surface area (Å²) in [6.45, 7) is 2.96. The third kappa shape index (κ3) is 4.97. The van der Waals surface area contributed by atoms with Crippen molar-refractivity contribution < 1.29 is 14.6 Å². The molecule has 25 heavy (non-hydrogen) atoms. The Bertz CT molecular complexity index is 714. The number of para-hydroxylation sites is 1. The summed E-state index contributed by atoms with van der Waals surface area (Å²) in [7, 11) is 5.70. The quantitative estimate of drug-likeness (QED) is 0.746. The summed E-state index contributed by atoms with van der Waals surface area (Å²) in [5.41, 5.74) is 1.78. The number of likely N-dealkylation sites (N-methyl/N-ethyl adjacent to an activating group) is 1. The summed E-state index contributed by atoms with van der Waals surface area (Å²) in [6.07, 6.45) is 1.69. The molecule has 1 N–H and O–H groups in total. The molecule has 0 spiro atoms. The summed E-state index contributed by atoms with van der Waals surface area (Å²) in [6, 6.07) is 13.5. The summed E-state index contributed by atoms with van der Waals surface area (Å²) >= 11 is 0. The van der Waals surface area contributed by atoms with E-state index in [1.165, 1.54) is 0 Å². The second kappa shape index (κ2) is 9.08. The molecule has 0 unspecified atom stereocenters. The third-order valence-electron chi connectivity index (χ3n) is 3.94. The number of phenols is 1. The molecule has 0 aromatic heterocycles. The van der Waals surface area contributed by atoms with Gasteiger partial charge in [0, 0.05) is 11.8 Å². The lowest BCUT2D eigenvalue weighted by atomic mass is 10.1. The first kappa shape index (κ1) is 18.8. The predicted octanol–water partition coefficient (Wildman–Crippen LogP) is 3.52. The van der Waals surface area contributed by atoms with Crippen LogP contribution in [0.1, 0.15) is 24.1 Å². The van der Waals surface area contributed by atoms with E-state index in [0.717, 1.165) is 11.3 Å². The largest absolute Gasteiger partial charge is 0.504 e. The summed E-state index contributed by atoms with van der Waals surface area (Å²) in [5.74, 6) is 1.43. The molecule has 0 aliphatic heterocycles.